The van der Waals surface area contributed by atoms with E-state index in [9.17, 15) is 0 Å². The van der Waals surface area contributed by atoms with E-state index < -0.39 is 0 Å². The Kier molecular flexibility index (Phi) is 18.1. The first-order valence-electron chi connectivity index (χ1n) is 10.1. The fourth-order valence-corrected chi connectivity index (χ4v) is 2.93. The molecule has 0 spiro atoms. The van der Waals surface area contributed by atoms with Gasteiger partial charge < -0.3 is 0 Å². The molecule has 0 saturated carbocycles. The maximum atomic E-state index is 3.80. The Hall–Kier alpha value is -0.520. The van der Waals surface area contributed by atoms with Crippen LogP contribution in [0.3, 0.4) is 0 Å². The molecule has 0 fully saturated rings. The number of hydrogen-bond donors (Lipinski definition) is 0. The summed E-state index contributed by atoms with van der Waals surface area (Å²) < 4.78 is 0. The average Bonchev–Trinajstić information content (AvgIpc) is 2.51. The molecular weight excluding hydrogens is 264 g/mol. The molecule has 0 radical (unpaired) electrons. The fraction of sp³-hybridized carbons (Fsp3) is 0.818. The second-order valence-corrected chi connectivity index (χ2v) is 7.01. The minimum Gasteiger partial charge on any atom is -0.103 e. The SMILES string of the molecule is C=CCC(C)CC=CCCCCCCCCCCCCCC. The summed E-state index contributed by atoms with van der Waals surface area (Å²) in [4.78, 5) is 0. The standard InChI is InChI=1S/C22H42/c1-4-6-7-8-9-10-11-12-13-14-15-16-17-18-19-21-22(3)20-5-2/h5,18-19,22H,2,4,6-17,20-21H2,1,3H3. The van der Waals surface area contributed by atoms with Crippen LogP contribution < -0.4 is 0 Å². The van der Waals surface area contributed by atoms with Crippen molar-refractivity contribution in [2.24, 2.45) is 5.92 Å². The largest absolute Gasteiger partial charge is 0.103 e. The quantitative estimate of drug-likeness (QED) is 0.187. The Labute approximate surface area is 141 Å². The maximum Gasteiger partial charge on any atom is -0.0322 e. The lowest BCUT2D eigenvalue weighted by atomic mass is 10.0. The van der Waals surface area contributed by atoms with Crippen molar-refractivity contribution in [3.63, 3.8) is 0 Å². The van der Waals surface area contributed by atoms with Gasteiger partial charge in [0, 0.05) is 0 Å². The smallest absolute Gasteiger partial charge is 0.0322 e. The number of unbranched alkanes of at least 4 members (excludes halogenated alkanes) is 12. The van der Waals surface area contributed by atoms with Crippen molar-refractivity contribution in [3.05, 3.63) is 24.8 Å². The van der Waals surface area contributed by atoms with E-state index in [1.165, 1.54) is 89.9 Å². The molecular formula is C22H42. The third-order valence-electron chi connectivity index (χ3n) is 4.50. The van der Waals surface area contributed by atoms with E-state index >= 15 is 0 Å². The van der Waals surface area contributed by atoms with Crippen molar-refractivity contribution in [1.29, 1.82) is 0 Å². The van der Waals surface area contributed by atoms with Crippen LogP contribution in [0.1, 0.15) is 110 Å². The molecule has 0 aromatic rings. The zero-order valence-corrected chi connectivity index (χ0v) is 15.6. The molecule has 22 heavy (non-hydrogen) atoms. The molecule has 0 heterocycles. The lowest BCUT2D eigenvalue weighted by Gasteiger charge is -2.03. The zero-order chi connectivity index (χ0) is 16.3. The van der Waals surface area contributed by atoms with E-state index in [2.05, 4.69) is 32.6 Å². The predicted molar refractivity (Wildman–Crippen MR) is 103 cm³/mol. The summed E-state index contributed by atoms with van der Waals surface area (Å²) in [5, 5.41) is 0. The van der Waals surface area contributed by atoms with Gasteiger partial charge in [-0.05, 0) is 31.6 Å². The summed E-state index contributed by atoms with van der Waals surface area (Å²) in [6, 6.07) is 0. The molecule has 0 aromatic heterocycles. The molecule has 0 aromatic carbocycles. The van der Waals surface area contributed by atoms with Crippen molar-refractivity contribution in [2.75, 3.05) is 0 Å². The number of hydrogen-bond acceptors (Lipinski definition) is 0. The van der Waals surface area contributed by atoms with Crippen LogP contribution in [0, 0.1) is 5.92 Å². The highest BCUT2D eigenvalue weighted by molar-refractivity contribution is 4.84. The summed E-state index contributed by atoms with van der Waals surface area (Å²) in [5.74, 6) is 0.760. The van der Waals surface area contributed by atoms with Crippen LogP contribution in [0.25, 0.3) is 0 Å². The molecule has 1 atom stereocenters. The summed E-state index contributed by atoms with van der Waals surface area (Å²) in [5.41, 5.74) is 0. The lowest BCUT2D eigenvalue weighted by molar-refractivity contribution is 0.544. The number of rotatable bonds is 17. The molecule has 1 unspecified atom stereocenters. The van der Waals surface area contributed by atoms with Crippen molar-refractivity contribution in [3.8, 4) is 0 Å². The van der Waals surface area contributed by atoms with Gasteiger partial charge in [0.05, 0.1) is 0 Å². The van der Waals surface area contributed by atoms with Crippen LogP contribution in [0.5, 0.6) is 0 Å². The molecule has 0 nitrogen and oxygen atoms in total. The summed E-state index contributed by atoms with van der Waals surface area (Å²) in [6.07, 6.45) is 27.7. The molecule has 0 aliphatic rings. The van der Waals surface area contributed by atoms with Gasteiger partial charge in [0.1, 0.15) is 0 Å². The minimum atomic E-state index is 0.760. The van der Waals surface area contributed by atoms with E-state index in [0.29, 0.717) is 0 Å². The molecule has 0 rings (SSSR count). The Morgan fingerprint density at radius 1 is 0.682 bits per heavy atom. The van der Waals surface area contributed by atoms with Crippen molar-refractivity contribution in [1.82, 2.24) is 0 Å². The van der Waals surface area contributed by atoms with Gasteiger partial charge in [-0.25, -0.2) is 0 Å². The van der Waals surface area contributed by atoms with E-state index in [1.807, 2.05) is 6.08 Å². The third kappa shape index (κ3) is 17.5. The van der Waals surface area contributed by atoms with Gasteiger partial charge in [0.25, 0.3) is 0 Å². The Bertz CT molecular complexity index is 238. The van der Waals surface area contributed by atoms with E-state index in [0.717, 1.165) is 12.3 Å². The molecule has 0 N–H and O–H groups in total. The molecule has 0 amide bonds. The van der Waals surface area contributed by atoms with Crippen LogP contribution in [0.4, 0.5) is 0 Å². The Morgan fingerprint density at radius 3 is 1.68 bits per heavy atom. The molecule has 0 aliphatic carbocycles. The lowest BCUT2D eigenvalue weighted by Crippen LogP contribution is -1.88. The minimum absolute atomic E-state index is 0.760. The zero-order valence-electron chi connectivity index (χ0n) is 15.6. The van der Waals surface area contributed by atoms with Gasteiger partial charge in [-0.2, -0.15) is 0 Å². The van der Waals surface area contributed by atoms with Gasteiger partial charge in [-0.3, -0.25) is 0 Å². The summed E-state index contributed by atoms with van der Waals surface area (Å²) >= 11 is 0. The second-order valence-electron chi connectivity index (χ2n) is 7.01. The first-order valence-corrected chi connectivity index (χ1v) is 10.1. The third-order valence-corrected chi connectivity index (χ3v) is 4.50. The number of allylic oxidation sites excluding steroid dienone is 3. The maximum absolute atomic E-state index is 3.80. The van der Waals surface area contributed by atoms with Gasteiger partial charge >= 0.3 is 0 Å². The van der Waals surface area contributed by atoms with Crippen LogP contribution in [0.2, 0.25) is 0 Å². The fourth-order valence-electron chi connectivity index (χ4n) is 2.93. The first kappa shape index (κ1) is 21.5. The molecule has 0 aliphatic heterocycles. The topological polar surface area (TPSA) is 0 Å². The van der Waals surface area contributed by atoms with Crippen molar-refractivity contribution in [2.45, 2.75) is 110 Å². The molecule has 0 bridgehead atoms. The van der Waals surface area contributed by atoms with Crippen LogP contribution in [0.15, 0.2) is 24.8 Å². The normalized spacial score (nSPS) is 12.8. The molecule has 0 saturated heterocycles. The monoisotopic (exact) mass is 306 g/mol. The van der Waals surface area contributed by atoms with Gasteiger partial charge in [-0.15, -0.1) is 6.58 Å². The van der Waals surface area contributed by atoms with E-state index in [-0.39, 0.29) is 0 Å². The summed E-state index contributed by atoms with van der Waals surface area (Å²) in [7, 11) is 0. The van der Waals surface area contributed by atoms with E-state index in [4.69, 9.17) is 0 Å². The molecule has 130 valence electrons. The first-order chi connectivity index (χ1) is 10.8. The van der Waals surface area contributed by atoms with E-state index in [1.54, 1.807) is 0 Å². The average molecular weight is 307 g/mol. The Morgan fingerprint density at radius 2 is 1.18 bits per heavy atom. The van der Waals surface area contributed by atoms with Crippen molar-refractivity contribution < 1.29 is 0 Å². The second kappa shape index (κ2) is 18.5. The highest BCUT2D eigenvalue weighted by atomic mass is 14.0. The van der Waals surface area contributed by atoms with Gasteiger partial charge in [-0.1, -0.05) is 103 Å². The van der Waals surface area contributed by atoms with Crippen LogP contribution >= 0.6 is 0 Å². The molecule has 0 heteroatoms. The van der Waals surface area contributed by atoms with Crippen molar-refractivity contribution >= 4 is 0 Å². The van der Waals surface area contributed by atoms with Crippen LogP contribution in [-0.2, 0) is 0 Å². The van der Waals surface area contributed by atoms with Gasteiger partial charge in [0.15, 0.2) is 0 Å². The highest BCUT2D eigenvalue weighted by Gasteiger charge is 1.95. The Balaban J connectivity index is 3.11. The highest BCUT2D eigenvalue weighted by Crippen LogP contribution is 2.13. The van der Waals surface area contributed by atoms with Gasteiger partial charge in [0.2, 0.25) is 0 Å². The van der Waals surface area contributed by atoms with Crippen LogP contribution in [-0.4, -0.2) is 0 Å². The predicted octanol–water partition coefficient (Wildman–Crippen LogP) is 8.24. The summed E-state index contributed by atoms with van der Waals surface area (Å²) in [6.45, 7) is 8.39.